The first-order chi connectivity index (χ1) is 15.3. The Morgan fingerprint density at radius 3 is 2.74 bits per heavy atom. The van der Waals surface area contributed by atoms with Crippen LogP contribution in [0.3, 0.4) is 0 Å². The minimum atomic E-state index is 0.0456. The highest BCUT2D eigenvalue weighted by atomic mass is 32.1. The molecule has 156 valence electrons. The van der Waals surface area contributed by atoms with Gasteiger partial charge in [-0.2, -0.15) is 4.98 Å². The monoisotopic (exact) mass is 429 g/mol. The maximum absolute atomic E-state index is 13.3. The zero-order valence-electron chi connectivity index (χ0n) is 17.1. The van der Waals surface area contributed by atoms with Gasteiger partial charge in [-0.1, -0.05) is 65.8 Å². The van der Waals surface area contributed by atoms with E-state index in [0.717, 1.165) is 24.3 Å². The Morgan fingerprint density at radius 2 is 1.90 bits per heavy atom. The number of benzene rings is 2. The third-order valence-electron chi connectivity index (χ3n) is 5.77. The summed E-state index contributed by atoms with van der Waals surface area (Å²) >= 11 is 1.57. The summed E-state index contributed by atoms with van der Waals surface area (Å²) in [5.41, 5.74) is 3.83. The van der Waals surface area contributed by atoms with Crippen LogP contribution in [0.1, 0.15) is 35.0 Å². The molecule has 1 amide bonds. The summed E-state index contributed by atoms with van der Waals surface area (Å²) < 4.78 is 5.38. The van der Waals surface area contributed by atoms with Crippen molar-refractivity contribution >= 4 is 17.2 Å². The number of hydrogen-bond donors (Lipinski definition) is 0. The molecule has 6 heteroatoms. The van der Waals surface area contributed by atoms with Crippen LogP contribution in [0.15, 0.2) is 76.6 Å². The van der Waals surface area contributed by atoms with E-state index in [1.54, 1.807) is 11.3 Å². The van der Waals surface area contributed by atoms with Gasteiger partial charge in [0.15, 0.2) is 0 Å². The van der Waals surface area contributed by atoms with E-state index in [0.29, 0.717) is 24.6 Å². The fraction of sp³-hybridized carbons (Fsp3) is 0.240. The quantitative estimate of drug-likeness (QED) is 0.428. The smallest absolute Gasteiger partial charge is 0.227 e. The van der Waals surface area contributed by atoms with Gasteiger partial charge < -0.3 is 9.42 Å². The summed E-state index contributed by atoms with van der Waals surface area (Å²) in [7, 11) is 0. The van der Waals surface area contributed by atoms with E-state index in [1.165, 1.54) is 16.7 Å². The molecule has 5 rings (SSSR count). The third-order valence-corrected chi connectivity index (χ3v) is 6.63. The van der Waals surface area contributed by atoms with Crippen LogP contribution in [-0.2, 0) is 24.1 Å². The molecular weight excluding hydrogens is 406 g/mol. The summed E-state index contributed by atoms with van der Waals surface area (Å²) in [5.74, 6) is 1.23. The van der Waals surface area contributed by atoms with Crippen molar-refractivity contribution < 1.29 is 9.32 Å². The molecular formula is C25H23N3O2S. The lowest BCUT2D eigenvalue weighted by Crippen LogP contribution is -2.41. The van der Waals surface area contributed by atoms with Gasteiger partial charge in [-0.15, -0.1) is 11.3 Å². The second kappa shape index (κ2) is 8.86. The van der Waals surface area contributed by atoms with Gasteiger partial charge >= 0.3 is 0 Å². The topological polar surface area (TPSA) is 59.2 Å². The number of fused-ring (bicyclic) bond motifs is 1. The predicted octanol–water partition coefficient (Wildman–Crippen LogP) is 5.10. The van der Waals surface area contributed by atoms with Crippen LogP contribution in [0.5, 0.6) is 0 Å². The lowest BCUT2D eigenvalue weighted by Gasteiger charge is -2.37. The minimum absolute atomic E-state index is 0.0456. The number of hydrogen-bond acceptors (Lipinski definition) is 5. The van der Waals surface area contributed by atoms with Crippen LogP contribution in [0.2, 0.25) is 0 Å². The van der Waals surface area contributed by atoms with Gasteiger partial charge in [0.25, 0.3) is 0 Å². The predicted molar refractivity (Wildman–Crippen MR) is 121 cm³/mol. The number of amides is 1. The molecule has 1 aliphatic heterocycles. The fourth-order valence-corrected chi connectivity index (χ4v) is 4.88. The number of carbonyl (C=O) groups is 1. The Labute approximate surface area is 185 Å². The van der Waals surface area contributed by atoms with Crippen LogP contribution < -0.4 is 0 Å². The second-order valence-electron chi connectivity index (χ2n) is 7.73. The van der Waals surface area contributed by atoms with Crippen molar-refractivity contribution in [1.29, 1.82) is 0 Å². The molecule has 3 heterocycles. The molecule has 0 aliphatic carbocycles. The molecule has 2 aromatic carbocycles. The Morgan fingerprint density at radius 1 is 1.06 bits per heavy atom. The van der Waals surface area contributed by atoms with Gasteiger partial charge in [0, 0.05) is 19.4 Å². The van der Waals surface area contributed by atoms with E-state index in [2.05, 4.69) is 58.7 Å². The van der Waals surface area contributed by atoms with E-state index in [4.69, 9.17) is 4.52 Å². The molecule has 0 radical (unpaired) electrons. The van der Waals surface area contributed by atoms with E-state index in [-0.39, 0.29) is 11.9 Å². The maximum Gasteiger partial charge on any atom is 0.227 e. The van der Waals surface area contributed by atoms with Gasteiger partial charge in [0.05, 0.1) is 10.9 Å². The number of carbonyl (C=O) groups excluding carboxylic acids is 1. The van der Waals surface area contributed by atoms with Crippen LogP contribution in [-0.4, -0.2) is 27.5 Å². The number of thiophene rings is 1. The van der Waals surface area contributed by atoms with Gasteiger partial charge in [-0.25, -0.2) is 0 Å². The number of aromatic nitrogens is 2. The first-order valence-corrected chi connectivity index (χ1v) is 11.4. The maximum atomic E-state index is 13.3. The van der Waals surface area contributed by atoms with Crippen LogP contribution in [0.25, 0.3) is 10.7 Å². The van der Waals surface area contributed by atoms with Gasteiger partial charge in [0.1, 0.15) is 0 Å². The van der Waals surface area contributed by atoms with Crippen molar-refractivity contribution in [3.05, 3.63) is 94.7 Å². The zero-order chi connectivity index (χ0) is 21.0. The Balaban J connectivity index is 1.32. The van der Waals surface area contributed by atoms with Crippen LogP contribution in [0, 0.1) is 0 Å². The summed E-state index contributed by atoms with van der Waals surface area (Å²) in [6.07, 6.45) is 2.51. The minimum Gasteiger partial charge on any atom is -0.339 e. The lowest BCUT2D eigenvalue weighted by atomic mass is 9.88. The average molecular weight is 430 g/mol. The highest BCUT2D eigenvalue weighted by molar-refractivity contribution is 7.13. The summed E-state index contributed by atoms with van der Waals surface area (Å²) in [6.45, 7) is 0.734. The molecule has 2 aromatic heterocycles. The molecule has 4 aromatic rings. The normalized spacial score (nSPS) is 15.6. The Hall–Kier alpha value is -3.25. The zero-order valence-corrected chi connectivity index (χ0v) is 17.9. The van der Waals surface area contributed by atoms with Crippen LogP contribution >= 0.6 is 11.3 Å². The third kappa shape index (κ3) is 4.30. The molecule has 0 saturated carbocycles. The fourth-order valence-electron chi connectivity index (χ4n) is 4.23. The Bertz CT molecular complexity index is 1150. The van der Waals surface area contributed by atoms with E-state index < -0.39 is 0 Å². The standard InChI is InChI=1S/C25H23N3O2S/c29-24(13-12-23-26-25(27-30-23)22-11-6-16-31-22)28-15-14-19-9-4-5-10-20(19)21(28)17-18-7-2-1-3-8-18/h1-11,16,21H,12-15,17H2/t21-/m0/s1. The largest absolute Gasteiger partial charge is 0.339 e. The second-order valence-corrected chi connectivity index (χ2v) is 8.68. The van der Waals surface area contributed by atoms with E-state index in [1.807, 2.05) is 28.5 Å². The summed E-state index contributed by atoms with van der Waals surface area (Å²) in [5, 5.41) is 6.03. The number of rotatable bonds is 6. The van der Waals surface area contributed by atoms with Crippen molar-refractivity contribution in [3.63, 3.8) is 0 Å². The first kappa shape index (κ1) is 19.7. The molecule has 0 spiro atoms. The van der Waals surface area contributed by atoms with Gasteiger partial charge in [-0.3, -0.25) is 4.79 Å². The van der Waals surface area contributed by atoms with Crippen molar-refractivity contribution in [2.75, 3.05) is 6.54 Å². The van der Waals surface area contributed by atoms with Crippen molar-refractivity contribution in [3.8, 4) is 10.7 Å². The van der Waals surface area contributed by atoms with E-state index >= 15 is 0 Å². The van der Waals surface area contributed by atoms with Gasteiger partial charge in [-0.05, 0) is 41.0 Å². The molecule has 0 bridgehead atoms. The number of nitrogens with zero attached hydrogens (tertiary/aromatic N) is 3. The first-order valence-electron chi connectivity index (χ1n) is 10.6. The van der Waals surface area contributed by atoms with Crippen molar-refractivity contribution in [2.45, 2.75) is 31.7 Å². The highest BCUT2D eigenvalue weighted by Gasteiger charge is 2.30. The molecule has 0 unspecified atom stereocenters. The molecule has 0 N–H and O–H groups in total. The van der Waals surface area contributed by atoms with E-state index in [9.17, 15) is 4.79 Å². The molecule has 0 saturated heterocycles. The molecule has 1 aliphatic rings. The van der Waals surface area contributed by atoms with Crippen LogP contribution in [0.4, 0.5) is 0 Å². The number of aryl methyl sites for hydroxylation is 1. The molecule has 0 fully saturated rings. The van der Waals surface area contributed by atoms with Crippen molar-refractivity contribution in [1.82, 2.24) is 15.0 Å². The molecule has 1 atom stereocenters. The van der Waals surface area contributed by atoms with Gasteiger partial charge in [0.2, 0.25) is 17.6 Å². The summed E-state index contributed by atoms with van der Waals surface area (Å²) in [6, 6.07) is 22.8. The Kier molecular flexibility index (Phi) is 5.63. The summed E-state index contributed by atoms with van der Waals surface area (Å²) in [4.78, 5) is 20.7. The SMILES string of the molecule is O=C(CCc1nc(-c2cccs2)no1)N1CCc2ccccc2[C@@H]1Cc1ccccc1. The van der Waals surface area contributed by atoms with Crippen molar-refractivity contribution in [2.24, 2.45) is 0 Å². The highest BCUT2D eigenvalue weighted by Crippen LogP contribution is 2.33. The molecule has 31 heavy (non-hydrogen) atoms. The molecule has 5 nitrogen and oxygen atoms in total. The average Bonchev–Trinajstić information content (AvgIpc) is 3.50. The lowest BCUT2D eigenvalue weighted by molar-refractivity contribution is -0.134.